The number of methoxy groups -OCH3 is 4. The fourth-order valence-electron chi connectivity index (χ4n) is 4.01. The molecule has 0 amide bonds. The van der Waals surface area contributed by atoms with Gasteiger partial charge in [0.15, 0.2) is 11.5 Å². The Balaban J connectivity index is 1.84. The second kappa shape index (κ2) is 8.46. The molecule has 0 aromatic heterocycles. The SMILES string of the molecule is COc1ccc([C@@H]2O[C@H](C3=C[C@H](OC)[C@@H](OC)C=C3)[C@@H](C)[C@@H]2C)cc1OC. The second-order valence-corrected chi connectivity index (χ2v) is 7.24. The summed E-state index contributed by atoms with van der Waals surface area (Å²) in [6, 6.07) is 6.01. The van der Waals surface area contributed by atoms with E-state index in [4.69, 9.17) is 23.7 Å². The van der Waals surface area contributed by atoms with Gasteiger partial charge in [-0.25, -0.2) is 0 Å². The summed E-state index contributed by atoms with van der Waals surface area (Å²) in [5.74, 6) is 2.18. The summed E-state index contributed by atoms with van der Waals surface area (Å²) in [6.45, 7) is 4.49. The van der Waals surface area contributed by atoms with Crippen molar-refractivity contribution in [3.05, 3.63) is 47.6 Å². The third-order valence-electron chi connectivity index (χ3n) is 5.85. The van der Waals surface area contributed by atoms with E-state index in [1.807, 2.05) is 18.2 Å². The minimum absolute atomic E-state index is 0.000231. The van der Waals surface area contributed by atoms with Gasteiger partial charge >= 0.3 is 0 Å². The molecule has 1 heterocycles. The highest BCUT2D eigenvalue weighted by Gasteiger charge is 2.42. The van der Waals surface area contributed by atoms with E-state index in [1.165, 1.54) is 0 Å². The molecule has 148 valence electrons. The quantitative estimate of drug-likeness (QED) is 0.755. The number of hydrogen-bond acceptors (Lipinski definition) is 5. The predicted molar refractivity (Wildman–Crippen MR) is 104 cm³/mol. The van der Waals surface area contributed by atoms with Crippen LogP contribution in [0.15, 0.2) is 42.0 Å². The molecular formula is C22H30O5. The minimum Gasteiger partial charge on any atom is -0.493 e. The van der Waals surface area contributed by atoms with Crippen molar-refractivity contribution >= 4 is 0 Å². The smallest absolute Gasteiger partial charge is 0.161 e. The first-order valence-corrected chi connectivity index (χ1v) is 9.36. The van der Waals surface area contributed by atoms with E-state index in [9.17, 15) is 0 Å². The van der Waals surface area contributed by atoms with Crippen molar-refractivity contribution in [1.82, 2.24) is 0 Å². The summed E-state index contributed by atoms with van der Waals surface area (Å²) in [4.78, 5) is 0. The second-order valence-electron chi connectivity index (χ2n) is 7.24. The van der Waals surface area contributed by atoms with Crippen LogP contribution in [0, 0.1) is 11.8 Å². The summed E-state index contributed by atoms with van der Waals surface area (Å²) in [5.41, 5.74) is 2.26. The summed E-state index contributed by atoms with van der Waals surface area (Å²) >= 11 is 0. The molecule has 1 aliphatic carbocycles. The summed E-state index contributed by atoms with van der Waals surface area (Å²) in [6.07, 6.45) is 6.14. The lowest BCUT2D eigenvalue weighted by Crippen LogP contribution is -2.31. The molecule has 5 nitrogen and oxygen atoms in total. The number of ether oxygens (including phenoxy) is 5. The number of hydrogen-bond donors (Lipinski definition) is 0. The Hall–Kier alpha value is -1.82. The fraction of sp³-hybridized carbons (Fsp3) is 0.545. The zero-order valence-corrected chi connectivity index (χ0v) is 17.0. The van der Waals surface area contributed by atoms with E-state index >= 15 is 0 Å². The van der Waals surface area contributed by atoms with Gasteiger partial charge in [-0.15, -0.1) is 0 Å². The van der Waals surface area contributed by atoms with Crippen LogP contribution in [0.3, 0.4) is 0 Å². The fourth-order valence-corrected chi connectivity index (χ4v) is 4.01. The van der Waals surface area contributed by atoms with Crippen molar-refractivity contribution in [2.45, 2.75) is 38.3 Å². The summed E-state index contributed by atoms with van der Waals surface area (Å²) in [5, 5.41) is 0. The molecule has 0 radical (unpaired) electrons. The van der Waals surface area contributed by atoms with Crippen LogP contribution in [-0.2, 0) is 14.2 Å². The van der Waals surface area contributed by atoms with Gasteiger partial charge in [-0.3, -0.25) is 0 Å². The first-order valence-electron chi connectivity index (χ1n) is 9.36. The molecule has 1 aromatic rings. The van der Waals surface area contributed by atoms with Gasteiger partial charge in [0.05, 0.1) is 26.4 Å². The molecule has 27 heavy (non-hydrogen) atoms. The third-order valence-corrected chi connectivity index (χ3v) is 5.85. The van der Waals surface area contributed by atoms with Gasteiger partial charge in [0, 0.05) is 14.2 Å². The zero-order valence-electron chi connectivity index (χ0n) is 17.0. The Morgan fingerprint density at radius 2 is 1.48 bits per heavy atom. The highest BCUT2D eigenvalue weighted by molar-refractivity contribution is 5.44. The van der Waals surface area contributed by atoms with Crippen LogP contribution in [0.2, 0.25) is 0 Å². The molecule has 1 saturated heterocycles. The third kappa shape index (κ3) is 3.77. The maximum atomic E-state index is 6.53. The molecule has 1 aliphatic heterocycles. The molecule has 3 rings (SSSR count). The molecule has 1 fully saturated rings. The summed E-state index contributed by atoms with van der Waals surface area (Å²) < 4.78 is 28.4. The van der Waals surface area contributed by atoms with Crippen LogP contribution < -0.4 is 9.47 Å². The van der Waals surface area contributed by atoms with Gasteiger partial charge in [0.2, 0.25) is 0 Å². The standard InChI is InChI=1S/C22H30O5/c1-13-14(2)22(16-8-10-18(24-4)20(12-16)26-6)27-21(13)15-7-9-17(23-3)19(11-15)25-5/h7-14,17,19,21-22H,1-6H3/t13-,14-,17-,19-,21-,22+/m0/s1. The van der Waals surface area contributed by atoms with Crippen molar-refractivity contribution < 1.29 is 23.7 Å². The summed E-state index contributed by atoms with van der Waals surface area (Å²) in [7, 11) is 6.70. The molecule has 0 N–H and O–H groups in total. The molecule has 0 saturated carbocycles. The van der Waals surface area contributed by atoms with Crippen LogP contribution in [0.4, 0.5) is 0 Å². The molecule has 0 unspecified atom stereocenters. The number of benzene rings is 1. The predicted octanol–water partition coefficient (Wildman–Crippen LogP) is 3.94. The average Bonchev–Trinajstić information content (AvgIpc) is 3.01. The largest absolute Gasteiger partial charge is 0.493 e. The molecule has 0 bridgehead atoms. The Kier molecular flexibility index (Phi) is 6.25. The lowest BCUT2D eigenvalue weighted by atomic mass is 9.84. The molecule has 6 atom stereocenters. The van der Waals surface area contributed by atoms with Crippen LogP contribution in [0.5, 0.6) is 11.5 Å². The Bertz CT molecular complexity index is 711. The molecular weight excluding hydrogens is 344 g/mol. The van der Waals surface area contributed by atoms with Crippen molar-refractivity contribution in [1.29, 1.82) is 0 Å². The lowest BCUT2D eigenvalue weighted by molar-refractivity contribution is 0.00976. The molecule has 1 aromatic carbocycles. The van der Waals surface area contributed by atoms with Crippen LogP contribution in [0.25, 0.3) is 0 Å². The monoisotopic (exact) mass is 374 g/mol. The van der Waals surface area contributed by atoms with Gasteiger partial charge in [0.1, 0.15) is 12.2 Å². The van der Waals surface area contributed by atoms with Crippen molar-refractivity contribution in [2.24, 2.45) is 11.8 Å². The average molecular weight is 374 g/mol. The number of rotatable bonds is 6. The lowest BCUT2D eigenvalue weighted by Gasteiger charge is -2.27. The van der Waals surface area contributed by atoms with E-state index in [2.05, 4.69) is 32.1 Å². The van der Waals surface area contributed by atoms with Gasteiger partial charge in [-0.2, -0.15) is 0 Å². The molecule has 0 spiro atoms. The first-order chi connectivity index (χ1) is 13.0. The van der Waals surface area contributed by atoms with Crippen LogP contribution >= 0.6 is 0 Å². The van der Waals surface area contributed by atoms with E-state index < -0.39 is 0 Å². The van der Waals surface area contributed by atoms with Crippen molar-refractivity contribution in [3.63, 3.8) is 0 Å². The van der Waals surface area contributed by atoms with Gasteiger partial charge in [-0.1, -0.05) is 32.1 Å². The van der Waals surface area contributed by atoms with Crippen molar-refractivity contribution in [3.8, 4) is 11.5 Å². The Labute approximate surface area is 161 Å². The Morgan fingerprint density at radius 3 is 2.11 bits per heavy atom. The van der Waals surface area contributed by atoms with Gasteiger partial charge < -0.3 is 23.7 Å². The van der Waals surface area contributed by atoms with E-state index in [-0.39, 0.29) is 24.4 Å². The minimum atomic E-state index is -0.0961. The van der Waals surface area contributed by atoms with Crippen molar-refractivity contribution in [2.75, 3.05) is 28.4 Å². The normalized spacial score (nSPS) is 33.0. The topological polar surface area (TPSA) is 46.2 Å². The van der Waals surface area contributed by atoms with Crippen LogP contribution in [-0.4, -0.2) is 46.8 Å². The van der Waals surface area contributed by atoms with Crippen LogP contribution in [0.1, 0.15) is 25.5 Å². The maximum absolute atomic E-state index is 6.53. The highest BCUT2D eigenvalue weighted by atomic mass is 16.5. The molecule has 2 aliphatic rings. The maximum Gasteiger partial charge on any atom is 0.161 e. The highest BCUT2D eigenvalue weighted by Crippen LogP contribution is 2.46. The first kappa shape index (κ1) is 19.9. The van der Waals surface area contributed by atoms with E-state index in [0.29, 0.717) is 11.8 Å². The molecule has 5 heteroatoms. The van der Waals surface area contributed by atoms with Gasteiger partial charge in [0.25, 0.3) is 0 Å². The van der Waals surface area contributed by atoms with E-state index in [0.717, 1.165) is 22.6 Å². The zero-order chi connectivity index (χ0) is 19.6. The van der Waals surface area contributed by atoms with Gasteiger partial charge in [-0.05, 0) is 41.2 Å². The van der Waals surface area contributed by atoms with E-state index in [1.54, 1.807) is 28.4 Å². The Morgan fingerprint density at radius 1 is 0.815 bits per heavy atom.